The van der Waals surface area contributed by atoms with Crippen molar-refractivity contribution < 1.29 is 9.53 Å². The Bertz CT molecular complexity index is 591. The number of carbonyl (C=O) groups excluding carboxylic acids is 1. The van der Waals surface area contributed by atoms with Gasteiger partial charge < -0.3 is 20.7 Å². The second kappa shape index (κ2) is 13.8. The van der Waals surface area contributed by atoms with E-state index < -0.39 is 0 Å². The molecular formula is C21H35IN4O2. The number of benzene rings is 1. The minimum atomic E-state index is 0. The Morgan fingerprint density at radius 1 is 1.18 bits per heavy atom. The van der Waals surface area contributed by atoms with Crippen molar-refractivity contribution in [1.29, 1.82) is 0 Å². The van der Waals surface area contributed by atoms with Gasteiger partial charge in [0.1, 0.15) is 0 Å². The fraction of sp³-hybridized carbons (Fsp3) is 0.619. The molecule has 1 saturated carbocycles. The van der Waals surface area contributed by atoms with Crippen LogP contribution in [0.15, 0.2) is 35.3 Å². The minimum Gasteiger partial charge on any atom is -0.385 e. The number of amides is 1. The van der Waals surface area contributed by atoms with Crippen LogP contribution in [0.25, 0.3) is 0 Å². The van der Waals surface area contributed by atoms with E-state index in [0.29, 0.717) is 24.9 Å². The van der Waals surface area contributed by atoms with Crippen LogP contribution < -0.4 is 16.0 Å². The van der Waals surface area contributed by atoms with E-state index in [4.69, 9.17) is 9.73 Å². The fourth-order valence-corrected chi connectivity index (χ4v) is 3.25. The third kappa shape index (κ3) is 8.77. The van der Waals surface area contributed by atoms with Crippen molar-refractivity contribution in [3.8, 4) is 0 Å². The van der Waals surface area contributed by atoms with Gasteiger partial charge in [0.05, 0.1) is 0 Å². The van der Waals surface area contributed by atoms with E-state index >= 15 is 0 Å². The lowest BCUT2D eigenvalue weighted by Gasteiger charge is -2.40. The van der Waals surface area contributed by atoms with Crippen LogP contribution in [0.1, 0.15) is 44.6 Å². The third-order valence-corrected chi connectivity index (χ3v) is 5.14. The predicted molar refractivity (Wildman–Crippen MR) is 125 cm³/mol. The first-order valence-corrected chi connectivity index (χ1v) is 9.99. The Kier molecular flexibility index (Phi) is 12.1. The molecule has 3 N–H and O–H groups in total. The second-order valence-electron chi connectivity index (χ2n) is 7.23. The van der Waals surface area contributed by atoms with Gasteiger partial charge in [0.15, 0.2) is 5.96 Å². The number of aliphatic imine (C=N–C) groups is 1. The van der Waals surface area contributed by atoms with Gasteiger partial charge in [-0.25, -0.2) is 0 Å². The Morgan fingerprint density at radius 3 is 2.54 bits per heavy atom. The van der Waals surface area contributed by atoms with Crippen LogP contribution in [0.4, 0.5) is 0 Å². The lowest BCUT2D eigenvalue weighted by atomic mass is 9.67. The summed E-state index contributed by atoms with van der Waals surface area (Å²) in [7, 11) is 1.75. The zero-order chi connectivity index (χ0) is 19.4. The Morgan fingerprint density at radius 2 is 1.93 bits per heavy atom. The highest BCUT2D eigenvalue weighted by Crippen LogP contribution is 2.44. The predicted octanol–water partition coefficient (Wildman–Crippen LogP) is 3.07. The van der Waals surface area contributed by atoms with Crippen molar-refractivity contribution in [2.45, 2.75) is 45.6 Å². The van der Waals surface area contributed by atoms with E-state index in [9.17, 15) is 4.79 Å². The molecule has 7 heteroatoms. The smallest absolute Gasteiger partial charge is 0.222 e. The molecule has 0 radical (unpaired) electrons. The summed E-state index contributed by atoms with van der Waals surface area (Å²) in [5, 5.41) is 9.49. The van der Waals surface area contributed by atoms with Gasteiger partial charge in [-0.05, 0) is 37.2 Å². The highest BCUT2D eigenvalue weighted by atomic mass is 127. The molecule has 0 spiro atoms. The molecule has 2 rings (SSSR count). The minimum absolute atomic E-state index is 0. The number of hydrogen-bond donors (Lipinski definition) is 3. The number of nitrogens with one attached hydrogen (secondary N) is 3. The molecule has 1 aliphatic rings. The average molecular weight is 502 g/mol. The van der Waals surface area contributed by atoms with Crippen LogP contribution in [0.2, 0.25) is 0 Å². The van der Waals surface area contributed by atoms with Gasteiger partial charge in [-0.2, -0.15) is 0 Å². The molecule has 0 saturated heterocycles. The zero-order valence-corrected chi connectivity index (χ0v) is 19.5. The molecule has 1 amide bonds. The van der Waals surface area contributed by atoms with Crippen molar-refractivity contribution in [3.05, 3.63) is 35.9 Å². The van der Waals surface area contributed by atoms with Crippen LogP contribution in [0.3, 0.4) is 0 Å². The molecule has 1 aliphatic carbocycles. The summed E-state index contributed by atoms with van der Waals surface area (Å²) in [6.07, 6.45) is 5.22. The molecule has 28 heavy (non-hydrogen) atoms. The quantitative estimate of drug-likeness (QED) is 0.247. The van der Waals surface area contributed by atoms with Crippen molar-refractivity contribution in [2.75, 3.05) is 33.4 Å². The van der Waals surface area contributed by atoms with Gasteiger partial charge >= 0.3 is 0 Å². The number of ether oxygens (including phenoxy) is 1. The van der Waals surface area contributed by atoms with Crippen LogP contribution in [0.5, 0.6) is 0 Å². The first-order chi connectivity index (χ1) is 13.2. The first kappa shape index (κ1) is 24.7. The zero-order valence-electron chi connectivity index (χ0n) is 17.1. The Hall–Kier alpha value is -1.35. The largest absolute Gasteiger partial charge is 0.385 e. The lowest BCUT2D eigenvalue weighted by Crippen LogP contribution is -2.41. The molecule has 158 valence electrons. The molecule has 6 nitrogen and oxygen atoms in total. The molecule has 1 aromatic rings. The number of guanidine groups is 1. The summed E-state index contributed by atoms with van der Waals surface area (Å²) < 4.78 is 5.25. The third-order valence-electron chi connectivity index (χ3n) is 5.14. The SMILES string of the molecule is CCNC(=NCC1(CCOC)CCC1)NCCC(=O)NCc1ccccc1.I. The number of nitrogens with zero attached hydrogens (tertiary/aromatic N) is 1. The van der Waals surface area contributed by atoms with Crippen LogP contribution >= 0.6 is 24.0 Å². The van der Waals surface area contributed by atoms with Crippen LogP contribution in [-0.4, -0.2) is 45.2 Å². The van der Waals surface area contributed by atoms with Crippen molar-refractivity contribution in [1.82, 2.24) is 16.0 Å². The van der Waals surface area contributed by atoms with E-state index in [0.717, 1.165) is 37.6 Å². The molecule has 0 unspecified atom stereocenters. The monoisotopic (exact) mass is 502 g/mol. The maximum absolute atomic E-state index is 12.0. The summed E-state index contributed by atoms with van der Waals surface area (Å²) in [6.45, 7) is 5.59. The summed E-state index contributed by atoms with van der Waals surface area (Å²) in [5.41, 5.74) is 1.40. The van der Waals surface area contributed by atoms with E-state index in [2.05, 4.69) is 16.0 Å². The standard InChI is InChI=1S/C21H34N4O2.HI/c1-3-22-20(25-17-21(11-7-12-21)13-15-27-2)23-14-10-19(26)24-16-18-8-5-4-6-9-18;/h4-6,8-9H,3,7,10-17H2,1-2H3,(H,24,26)(H2,22,23,25);1H. The summed E-state index contributed by atoms with van der Waals surface area (Å²) in [5.74, 6) is 0.829. The molecule has 0 heterocycles. The van der Waals surface area contributed by atoms with Gasteiger partial charge in [-0.15, -0.1) is 24.0 Å². The molecule has 0 aromatic heterocycles. The number of rotatable bonds is 11. The molecule has 0 aliphatic heterocycles. The number of halogens is 1. The van der Waals surface area contributed by atoms with Crippen molar-refractivity contribution >= 4 is 35.8 Å². The molecule has 0 bridgehead atoms. The Balaban J connectivity index is 0.00000392. The highest BCUT2D eigenvalue weighted by molar-refractivity contribution is 14.0. The number of carbonyl (C=O) groups is 1. The summed E-state index contributed by atoms with van der Waals surface area (Å²) in [6, 6.07) is 9.94. The highest BCUT2D eigenvalue weighted by Gasteiger charge is 2.36. The van der Waals surface area contributed by atoms with E-state index in [-0.39, 0.29) is 29.9 Å². The van der Waals surface area contributed by atoms with Gasteiger partial charge in [-0.3, -0.25) is 9.79 Å². The van der Waals surface area contributed by atoms with Crippen molar-refractivity contribution in [3.63, 3.8) is 0 Å². The molecule has 0 atom stereocenters. The lowest BCUT2D eigenvalue weighted by molar-refractivity contribution is -0.121. The first-order valence-electron chi connectivity index (χ1n) is 9.99. The van der Waals surface area contributed by atoms with E-state index in [1.807, 2.05) is 37.3 Å². The van der Waals surface area contributed by atoms with Crippen LogP contribution in [0, 0.1) is 5.41 Å². The topological polar surface area (TPSA) is 74.8 Å². The molecule has 1 aromatic carbocycles. The number of hydrogen-bond acceptors (Lipinski definition) is 3. The van der Waals surface area contributed by atoms with Gasteiger partial charge in [0, 0.05) is 46.3 Å². The Labute approximate surface area is 186 Å². The summed E-state index contributed by atoms with van der Waals surface area (Å²) >= 11 is 0. The van der Waals surface area contributed by atoms with E-state index in [1.165, 1.54) is 19.3 Å². The van der Waals surface area contributed by atoms with Crippen LogP contribution in [-0.2, 0) is 16.1 Å². The average Bonchev–Trinajstić information content (AvgIpc) is 2.66. The maximum atomic E-state index is 12.0. The van der Waals surface area contributed by atoms with E-state index in [1.54, 1.807) is 7.11 Å². The normalized spacial score (nSPS) is 15.1. The second-order valence-corrected chi connectivity index (χ2v) is 7.23. The van der Waals surface area contributed by atoms with Gasteiger partial charge in [0.25, 0.3) is 0 Å². The van der Waals surface area contributed by atoms with Gasteiger partial charge in [0.2, 0.25) is 5.91 Å². The molecule has 1 fully saturated rings. The summed E-state index contributed by atoms with van der Waals surface area (Å²) in [4.78, 5) is 16.8. The maximum Gasteiger partial charge on any atom is 0.222 e. The molecular weight excluding hydrogens is 467 g/mol. The number of methoxy groups -OCH3 is 1. The fourth-order valence-electron chi connectivity index (χ4n) is 3.25. The van der Waals surface area contributed by atoms with Gasteiger partial charge in [-0.1, -0.05) is 36.8 Å². The van der Waals surface area contributed by atoms with Crippen molar-refractivity contribution in [2.24, 2.45) is 10.4 Å².